The molecule has 0 amide bonds. The van der Waals surface area contributed by atoms with Gasteiger partial charge in [-0.25, -0.2) is 4.98 Å². The van der Waals surface area contributed by atoms with Gasteiger partial charge >= 0.3 is 0 Å². The van der Waals surface area contributed by atoms with Gasteiger partial charge in [-0.2, -0.15) is 5.26 Å². The van der Waals surface area contributed by atoms with Crippen LogP contribution < -0.4 is 0 Å². The Labute approximate surface area is 104 Å². The van der Waals surface area contributed by atoms with Crippen LogP contribution >= 0.6 is 0 Å². The van der Waals surface area contributed by atoms with Crippen LogP contribution in [0.5, 0.6) is 0 Å². The van der Waals surface area contributed by atoms with Crippen LogP contribution in [0.15, 0.2) is 28.7 Å². The second-order valence-corrected chi connectivity index (χ2v) is 4.80. The summed E-state index contributed by atoms with van der Waals surface area (Å²) >= 11 is 0. The zero-order valence-electron chi connectivity index (χ0n) is 9.96. The predicted octanol–water partition coefficient (Wildman–Crippen LogP) is 2.66. The van der Waals surface area contributed by atoms with Gasteiger partial charge in [0.15, 0.2) is 17.3 Å². The lowest BCUT2D eigenvalue weighted by Gasteiger charge is -2.01. The van der Waals surface area contributed by atoms with E-state index >= 15 is 0 Å². The molecule has 3 unspecified atom stereocenters. The first-order chi connectivity index (χ1) is 8.70. The van der Waals surface area contributed by atoms with Crippen LogP contribution in [0.4, 0.5) is 0 Å². The number of hydrogen-bond acceptors (Lipinski definition) is 4. The van der Waals surface area contributed by atoms with E-state index in [0.717, 1.165) is 6.42 Å². The number of aromatic nitrogens is 1. The molecular weight excluding hydrogens is 228 g/mol. The van der Waals surface area contributed by atoms with Gasteiger partial charge in [0.2, 0.25) is 5.89 Å². The van der Waals surface area contributed by atoms with Gasteiger partial charge in [-0.15, -0.1) is 0 Å². The van der Waals surface area contributed by atoms with Crippen molar-refractivity contribution in [1.82, 2.24) is 4.98 Å². The molecule has 1 aliphatic carbocycles. The van der Waals surface area contributed by atoms with Crippen LogP contribution in [0.2, 0.25) is 0 Å². The summed E-state index contributed by atoms with van der Waals surface area (Å²) in [7, 11) is 0. The average molecular weight is 240 g/mol. The lowest BCUT2D eigenvalue weighted by molar-refractivity contribution is -0.121. The molecule has 0 saturated heterocycles. The number of oxazole rings is 1. The summed E-state index contributed by atoms with van der Waals surface area (Å²) in [5.74, 6) is -0.311. The molecule has 0 spiro atoms. The van der Waals surface area contributed by atoms with Crippen molar-refractivity contribution < 1.29 is 9.21 Å². The van der Waals surface area contributed by atoms with E-state index in [2.05, 4.69) is 4.98 Å². The maximum Gasteiger partial charge on any atom is 0.220 e. The fraction of sp³-hybridized carbons (Fsp3) is 0.357. The normalized spacial score (nSPS) is 23.6. The van der Waals surface area contributed by atoms with E-state index in [9.17, 15) is 4.79 Å². The largest absolute Gasteiger partial charge is 0.439 e. The zero-order chi connectivity index (χ0) is 12.7. The number of carbonyl (C=O) groups excluding carboxylic acids is 1. The first kappa shape index (κ1) is 11.0. The maximum atomic E-state index is 12.1. The molecule has 1 aliphatic rings. The summed E-state index contributed by atoms with van der Waals surface area (Å²) in [4.78, 5) is 16.3. The van der Waals surface area contributed by atoms with Gasteiger partial charge in [0, 0.05) is 5.92 Å². The quantitative estimate of drug-likeness (QED) is 0.827. The number of Topliss-reactive ketones (excluding diaryl/α,β-unsaturated/α-hetero) is 1. The molecule has 3 rings (SSSR count). The number of nitrogens with zero attached hydrogens (tertiary/aromatic N) is 2. The van der Waals surface area contributed by atoms with Crippen LogP contribution in [0.1, 0.15) is 25.2 Å². The molecule has 1 aromatic heterocycles. The van der Waals surface area contributed by atoms with Crippen molar-refractivity contribution in [3.05, 3.63) is 30.2 Å². The molecular formula is C14H12N2O2. The monoisotopic (exact) mass is 240 g/mol. The second-order valence-electron chi connectivity index (χ2n) is 4.80. The Kier molecular flexibility index (Phi) is 2.41. The van der Waals surface area contributed by atoms with E-state index in [1.807, 2.05) is 25.1 Å². The Morgan fingerprint density at radius 3 is 2.89 bits per heavy atom. The van der Waals surface area contributed by atoms with Crippen LogP contribution in [-0.4, -0.2) is 10.8 Å². The standard InChI is InChI=1S/C14H12N2O2/c1-8-6-9(8)13(17)10(7-15)14-16-11-4-2-3-5-12(11)18-14/h2-5,8-10H,6H2,1H3. The van der Waals surface area contributed by atoms with Crippen LogP contribution in [0.25, 0.3) is 11.1 Å². The first-order valence-electron chi connectivity index (χ1n) is 5.99. The fourth-order valence-electron chi connectivity index (χ4n) is 2.19. The van der Waals surface area contributed by atoms with Crippen molar-refractivity contribution in [2.75, 3.05) is 0 Å². The number of hydrogen-bond donors (Lipinski definition) is 0. The summed E-state index contributed by atoms with van der Waals surface area (Å²) in [6.45, 7) is 2.02. The second kappa shape index (κ2) is 3.95. The highest BCUT2D eigenvalue weighted by Gasteiger charge is 2.44. The molecule has 1 saturated carbocycles. The van der Waals surface area contributed by atoms with E-state index in [1.165, 1.54) is 0 Å². The minimum absolute atomic E-state index is 0.00432. The number of rotatable bonds is 3. The summed E-state index contributed by atoms with van der Waals surface area (Å²) in [6, 6.07) is 9.29. The molecule has 1 fully saturated rings. The van der Waals surface area contributed by atoms with Gasteiger partial charge in [-0.05, 0) is 24.5 Å². The molecule has 3 atom stereocenters. The minimum atomic E-state index is -0.868. The van der Waals surface area contributed by atoms with Crippen molar-refractivity contribution in [2.45, 2.75) is 19.3 Å². The van der Waals surface area contributed by atoms with E-state index in [-0.39, 0.29) is 17.6 Å². The number of ketones is 1. The molecule has 1 heterocycles. The van der Waals surface area contributed by atoms with Crippen molar-refractivity contribution in [2.24, 2.45) is 11.8 Å². The van der Waals surface area contributed by atoms with Crippen molar-refractivity contribution in [3.8, 4) is 6.07 Å². The SMILES string of the molecule is CC1CC1C(=O)C(C#N)c1nc2ccccc2o1. The van der Waals surface area contributed by atoms with Crippen molar-refractivity contribution >= 4 is 16.9 Å². The molecule has 90 valence electrons. The van der Waals surface area contributed by atoms with E-state index < -0.39 is 5.92 Å². The molecule has 0 bridgehead atoms. The molecule has 4 heteroatoms. The number of nitriles is 1. The summed E-state index contributed by atoms with van der Waals surface area (Å²) in [6.07, 6.45) is 0.872. The summed E-state index contributed by atoms with van der Waals surface area (Å²) in [5, 5.41) is 9.17. The number of carbonyl (C=O) groups is 1. The highest BCUT2D eigenvalue weighted by molar-refractivity contribution is 5.92. The summed E-state index contributed by atoms with van der Waals surface area (Å²) < 4.78 is 5.50. The Bertz CT molecular complexity index is 620. The number of fused-ring (bicyclic) bond motifs is 1. The third-order valence-corrected chi connectivity index (χ3v) is 3.45. The Hall–Kier alpha value is -2.15. The molecule has 2 aromatic rings. The van der Waals surface area contributed by atoms with Gasteiger partial charge < -0.3 is 4.42 Å². The average Bonchev–Trinajstić information content (AvgIpc) is 2.95. The molecule has 0 N–H and O–H groups in total. The maximum absolute atomic E-state index is 12.1. The lowest BCUT2D eigenvalue weighted by Crippen LogP contribution is -2.13. The first-order valence-corrected chi connectivity index (χ1v) is 5.99. The highest BCUT2D eigenvalue weighted by atomic mass is 16.3. The van der Waals surface area contributed by atoms with Crippen molar-refractivity contribution in [1.29, 1.82) is 5.26 Å². The van der Waals surface area contributed by atoms with Crippen molar-refractivity contribution in [3.63, 3.8) is 0 Å². The molecule has 1 aromatic carbocycles. The highest BCUT2D eigenvalue weighted by Crippen LogP contribution is 2.42. The third-order valence-electron chi connectivity index (χ3n) is 3.45. The van der Waals surface area contributed by atoms with Gasteiger partial charge in [0.25, 0.3) is 0 Å². The van der Waals surface area contributed by atoms with Gasteiger partial charge in [0.05, 0.1) is 6.07 Å². The smallest absolute Gasteiger partial charge is 0.220 e. The van der Waals surface area contributed by atoms with Crippen LogP contribution in [0.3, 0.4) is 0 Å². The molecule has 0 aliphatic heterocycles. The zero-order valence-corrected chi connectivity index (χ0v) is 9.96. The number of para-hydroxylation sites is 2. The Morgan fingerprint density at radius 1 is 1.56 bits per heavy atom. The van der Waals surface area contributed by atoms with Gasteiger partial charge in [0.1, 0.15) is 5.52 Å². The van der Waals surface area contributed by atoms with E-state index in [1.54, 1.807) is 12.1 Å². The lowest BCUT2D eigenvalue weighted by atomic mass is 10.0. The third kappa shape index (κ3) is 1.68. The minimum Gasteiger partial charge on any atom is -0.439 e. The molecule has 4 nitrogen and oxygen atoms in total. The Morgan fingerprint density at radius 2 is 2.28 bits per heavy atom. The van der Waals surface area contributed by atoms with Crippen LogP contribution in [0, 0.1) is 23.2 Å². The number of benzene rings is 1. The summed E-state index contributed by atoms with van der Waals surface area (Å²) in [5.41, 5.74) is 1.30. The van der Waals surface area contributed by atoms with Gasteiger partial charge in [-0.3, -0.25) is 4.79 Å². The van der Waals surface area contributed by atoms with E-state index in [0.29, 0.717) is 17.0 Å². The molecule has 18 heavy (non-hydrogen) atoms. The van der Waals surface area contributed by atoms with E-state index in [4.69, 9.17) is 9.68 Å². The van der Waals surface area contributed by atoms with Gasteiger partial charge in [-0.1, -0.05) is 19.1 Å². The van der Waals surface area contributed by atoms with Crippen LogP contribution in [-0.2, 0) is 4.79 Å². The topological polar surface area (TPSA) is 66.9 Å². The Balaban J connectivity index is 1.96. The molecule has 0 radical (unpaired) electrons. The predicted molar refractivity (Wildman–Crippen MR) is 64.6 cm³/mol. The fourth-order valence-corrected chi connectivity index (χ4v) is 2.19.